The van der Waals surface area contributed by atoms with Crippen molar-refractivity contribution in [1.82, 2.24) is 10.2 Å². The van der Waals surface area contributed by atoms with Crippen molar-refractivity contribution in [1.29, 1.82) is 0 Å². The van der Waals surface area contributed by atoms with E-state index in [0.29, 0.717) is 31.9 Å². The van der Waals surface area contributed by atoms with E-state index in [2.05, 4.69) is 11.9 Å². The van der Waals surface area contributed by atoms with Crippen molar-refractivity contribution in [3.8, 4) is 0 Å². The Kier molecular flexibility index (Phi) is 5.44. The minimum Gasteiger partial charge on any atom is -0.462 e. The predicted molar refractivity (Wildman–Crippen MR) is 89.9 cm³/mol. The molecule has 25 heavy (non-hydrogen) atoms. The summed E-state index contributed by atoms with van der Waals surface area (Å²) in [6.45, 7) is 7.34. The number of nitrogens with one attached hydrogen (secondary N) is 1. The van der Waals surface area contributed by atoms with Crippen molar-refractivity contribution in [3.63, 3.8) is 0 Å². The Hall–Kier alpha value is -1.86. The van der Waals surface area contributed by atoms with E-state index in [1.54, 1.807) is 11.1 Å². The molecule has 3 rings (SSSR count). The largest absolute Gasteiger partial charge is 0.462 e. The zero-order valence-corrected chi connectivity index (χ0v) is 14.7. The van der Waals surface area contributed by atoms with Crippen LogP contribution in [-0.4, -0.2) is 48.9 Å². The van der Waals surface area contributed by atoms with Crippen LogP contribution in [0.1, 0.15) is 39.0 Å². The maximum absolute atomic E-state index is 12.6. The topological polar surface area (TPSA) is 77.1 Å². The summed E-state index contributed by atoms with van der Waals surface area (Å²) in [7, 11) is 0. The van der Waals surface area contributed by atoms with E-state index in [0.717, 1.165) is 19.3 Å². The van der Waals surface area contributed by atoms with Crippen LogP contribution in [-0.2, 0) is 23.8 Å². The molecule has 0 radical (unpaired) electrons. The molecule has 2 fully saturated rings. The summed E-state index contributed by atoms with van der Waals surface area (Å²) in [5.74, 6) is 0.174. The first-order chi connectivity index (χ1) is 12.0. The van der Waals surface area contributed by atoms with Crippen LogP contribution in [0, 0.1) is 5.41 Å². The third-order valence-electron chi connectivity index (χ3n) is 5.32. The smallest absolute Gasteiger partial charge is 0.312 e. The lowest BCUT2D eigenvalue weighted by atomic mass is 9.78. The first-order valence-electron chi connectivity index (χ1n) is 8.91. The van der Waals surface area contributed by atoms with Crippen LogP contribution in [0.3, 0.4) is 0 Å². The molecular weight excluding hydrogens is 324 g/mol. The fourth-order valence-corrected chi connectivity index (χ4v) is 3.56. The van der Waals surface area contributed by atoms with Crippen molar-refractivity contribution in [3.05, 3.63) is 24.7 Å². The fraction of sp³-hybridized carbons (Fsp3) is 0.667. The summed E-state index contributed by atoms with van der Waals surface area (Å²) in [5.41, 5.74) is -0.412. The molecule has 3 aliphatic heterocycles. The lowest BCUT2D eigenvalue weighted by molar-refractivity contribution is -0.167. The van der Waals surface area contributed by atoms with E-state index >= 15 is 0 Å². The predicted octanol–water partition coefficient (Wildman–Crippen LogP) is 1.66. The molecule has 0 aromatic heterocycles. The molecule has 2 unspecified atom stereocenters. The van der Waals surface area contributed by atoms with E-state index in [1.165, 1.54) is 6.08 Å². The second-order valence-corrected chi connectivity index (χ2v) is 6.79. The van der Waals surface area contributed by atoms with Gasteiger partial charge in [-0.2, -0.15) is 0 Å². The molecule has 0 saturated carbocycles. The lowest BCUT2D eigenvalue weighted by Crippen LogP contribution is -2.41. The number of nitrogens with zero attached hydrogens (tertiary/aromatic N) is 1. The van der Waals surface area contributed by atoms with Gasteiger partial charge in [0.1, 0.15) is 18.7 Å². The van der Waals surface area contributed by atoms with Crippen molar-refractivity contribution >= 4 is 11.9 Å². The summed E-state index contributed by atoms with van der Waals surface area (Å²) in [5, 5.41) is 2.66. The molecule has 2 saturated heterocycles. The number of rotatable bonds is 5. The second kappa shape index (κ2) is 7.58. The van der Waals surface area contributed by atoms with Gasteiger partial charge >= 0.3 is 5.97 Å². The standard InChI is InChI=1S/C18H26N2O5/c1-3-18(7-10-23-11-8-18)17(22)24-12-14-4-5-16(25-14)20-9-6-15(21)19-13(20)2/h6,9,14,16H,2-5,7-8,10-12H2,1H3,(H,19,21). The van der Waals surface area contributed by atoms with E-state index in [4.69, 9.17) is 14.2 Å². The zero-order valence-electron chi connectivity index (χ0n) is 14.7. The molecule has 7 nitrogen and oxygen atoms in total. The average molecular weight is 350 g/mol. The van der Waals surface area contributed by atoms with Gasteiger partial charge in [0, 0.05) is 25.5 Å². The molecule has 138 valence electrons. The van der Waals surface area contributed by atoms with Gasteiger partial charge in [-0.05, 0) is 32.1 Å². The van der Waals surface area contributed by atoms with E-state index < -0.39 is 5.41 Å². The van der Waals surface area contributed by atoms with Gasteiger partial charge in [-0.25, -0.2) is 0 Å². The molecule has 0 aromatic rings. The number of ether oxygens (including phenoxy) is 3. The highest BCUT2D eigenvalue weighted by molar-refractivity contribution is 5.89. The minimum absolute atomic E-state index is 0.137. The number of carbonyl (C=O) groups excluding carboxylic acids is 2. The van der Waals surface area contributed by atoms with Crippen LogP contribution in [0.2, 0.25) is 0 Å². The summed E-state index contributed by atoms with van der Waals surface area (Å²) in [6.07, 6.45) is 6.57. The Balaban J connectivity index is 1.50. The molecule has 7 heteroatoms. The Morgan fingerprint density at radius 1 is 1.44 bits per heavy atom. The van der Waals surface area contributed by atoms with Crippen molar-refractivity contribution in [2.75, 3.05) is 19.8 Å². The van der Waals surface area contributed by atoms with E-state index in [1.807, 2.05) is 6.92 Å². The van der Waals surface area contributed by atoms with Crippen LogP contribution < -0.4 is 5.32 Å². The van der Waals surface area contributed by atoms with E-state index in [-0.39, 0.29) is 30.8 Å². The fourth-order valence-electron chi connectivity index (χ4n) is 3.56. The van der Waals surface area contributed by atoms with Gasteiger partial charge in [-0.1, -0.05) is 13.5 Å². The van der Waals surface area contributed by atoms with Crippen molar-refractivity contribution in [2.24, 2.45) is 5.41 Å². The number of hydrogen-bond acceptors (Lipinski definition) is 6. The second-order valence-electron chi connectivity index (χ2n) is 6.79. The van der Waals surface area contributed by atoms with Crippen LogP contribution >= 0.6 is 0 Å². The highest BCUT2D eigenvalue weighted by Crippen LogP contribution is 2.36. The Labute approximate surface area is 148 Å². The monoisotopic (exact) mass is 350 g/mol. The quantitative estimate of drug-likeness (QED) is 0.760. The van der Waals surface area contributed by atoms with Gasteiger partial charge in [0.2, 0.25) is 0 Å². The molecule has 0 spiro atoms. The van der Waals surface area contributed by atoms with Gasteiger partial charge in [0.15, 0.2) is 0 Å². The average Bonchev–Trinajstić information content (AvgIpc) is 3.09. The molecule has 0 aromatic carbocycles. The Morgan fingerprint density at radius 2 is 2.20 bits per heavy atom. The molecule has 0 bridgehead atoms. The summed E-state index contributed by atoms with van der Waals surface area (Å²) < 4.78 is 16.9. The van der Waals surface area contributed by atoms with Crippen LogP contribution in [0.4, 0.5) is 0 Å². The van der Waals surface area contributed by atoms with Crippen molar-refractivity contribution in [2.45, 2.75) is 51.4 Å². The normalized spacial score (nSPS) is 28.8. The number of esters is 1. The Bertz CT molecular complexity index is 568. The zero-order chi connectivity index (χ0) is 17.9. The van der Waals surface area contributed by atoms with Crippen LogP contribution in [0.25, 0.3) is 0 Å². The molecular formula is C18H26N2O5. The molecule has 2 atom stereocenters. The minimum atomic E-state index is -0.412. The number of hydrogen-bond donors (Lipinski definition) is 1. The van der Waals surface area contributed by atoms with Crippen molar-refractivity contribution < 1.29 is 23.8 Å². The molecule has 3 aliphatic rings. The first-order valence-corrected chi connectivity index (χ1v) is 8.91. The molecule has 1 amide bonds. The van der Waals surface area contributed by atoms with Gasteiger partial charge < -0.3 is 24.4 Å². The first kappa shape index (κ1) is 17.9. The highest BCUT2D eigenvalue weighted by Gasteiger charge is 2.40. The Morgan fingerprint density at radius 3 is 2.88 bits per heavy atom. The third-order valence-corrected chi connectivity index (χ3v) is 5.32. The van der Waals surface area contributed by atoms with Gasteiger partial charge in [-0.15, -0.1) is 0 Å². The van der Waals surface area contributed by atoms with Gasteiger partial charge in [0.25, 0.3) is 5.91 Å². The summed E-state index contributed by atoms with van der Waals surface area (Å²) in [4.78, 5) is 25.7. The number of amides is 1. The SMILES string of the molecule is C=C1NC(=O)C=CN1C1CCC(COC(=O)C2(CC)CCOCC2)O1. The van der Waals surface area contributed by atoms with Gasteiger partial charge in [-0.3, -0.25) is 9.59 Å². The summed E-state index contributed by atoms with van der Waals surface area (Å²) in [6, 6.07) is 0. The van der Waals surface area contributed by atoms with Gasteiger partial charge in [0.05, 0.1) is 11.5 Å². The maximum atomic E-state index is 12.6. The summed E-state index contributed by atoms with van der Waals surface area (Å²) >= 11 is 0. The lowest BCUT2D eigenvalue weighted by Gasteiger charge is -2.34. The molecule has 1 N–H and O–H groups in total. The molecule has 0 aliphatic carbocycles. The number of carbonyl (C=O) groups is 2. The van der Waals surface area contributed by atoms with E-state index in [9.17, 15) is 9.59 Å². The highest BCUT2D eigenvalue weighted by atomic mass is 16.6. The molecule has 3 heterocycles. The maximum Gasteiger partial charge on any atom is 0.312 e. The third kappa shape index (κ3) is 3.88. The van der Waals surface area contributed by atoms with Crippen LogP contribution in [0.15, 0.2) is 24.7 Å². The van der Waals surface area contributed by atoms with Crippen LogP contribution in [0.5, 0.6) is 0 Å².